The molecular weight excluding hydrogens is 256 g/mol. The van der Waals surface area contributed by atoms with E-state index in [1.54, 1.807) is 47.4 Å². The number of aromatic nitrogens is 2. The highest BCUT2D eigenvalue weighted by atomic mass is 16.3. The summed E-state index contributed by atoms with van der Waals surface area (Å²) in [4.78, 5) is 4.26. The SMILES string of the molecule is Oc1ccc(-n2cnc(-c3ccc(O)c(O)c3)c2)cc1. The minimum atomic E-state index is -0.179. The predicted octanol–water partition coefficient (Wildman–Crippen LogP) is 2.66. The Balaban J connectivity index is 1.97. The molecule has 3 rings (SSSR count). The van der Waals surface area contributed by atoms with Crippen LogP contribution in [0.4, 0.5) is 0 Å². The van der Waals surface area contributed by atoms with Crippen LogP contribution in [0.5, 0.6) is 17.2 Å². The largest absolute Gasteiger partial charge is 0.508 e. The van der Waals surface area contributed by atoms with Gasteiger partial charge in [0.05, 0.1) is 12.0 Å². The van der Waals surface area contributed by atoms with E-state index < -0.39 is 0 Å². The first-order valence-electron chi connectivity index (χ1n) is 5.99. The highest BCUT2D eigenvalue weighted by Crippen LogP contribution is 2.30. The van der Waals surface area contributed by atoms with Gasteiger partial charge in [-0.3, -0.25) is 0 Å². The average molecular weight is 268 g/mol. The molecule has 0 aliphatic rings. The first kappa shape index (κ1) is 12.1. The Morgan fingerprint density at radius 1 is 0.850 bits per heavy atom. The van der Waals surface area contributed by atoms with E-state index in [2.05, 4.69) is 4.98 Å². The minimum absolute atomic E-state index is 0.160. The van der Waals surface area contributed by atoms with Gasteiger partial charge in [0.2, 0.25) is 0 Å². The Morgan fingerprint density at radius 2 is 1.60 bits per heavy atom. The molecule has 1 heterocycles. The second kappa shape index (κ2) is 4.62. The van der Waals surface area contributed by atoms with Crippen LogP contribution in [0.2, 0.25) is 0 Å². The Labute approximate surface area is 115 Å². The molecule has 0 spiro atoms. The number of hydrogen-bond acceptors (Lipinski definition) is 4. The van der Waals surface area contributed by atoms with Crippen molar-refractivity contribution in [2.24, 2.45) is 0 Å². The normalized spacial score (nSPS) is 10.6. The van der Waals surface area contributed by atoms with Gasteiger partial charge in [0.15, 0.2) is 11.5 Å². The summed E-state index contributed by atoms with van der Waals surface area (Å²) in [6.07, 6.45) is 3.45. The number of nitrogens with zero attached hydrogens (tertiary/aromatic N) is 2. The molecule has 100 valence electrons. The maximum Gasteiger partial charge on any atom is 0.158 e. The molecular formula is C15H12N2O3. The number of hydrogen-bond donors (Lipinski definition) is 3. The van der Waals surface area contributed by atoms with Crippen LogP contribution in [-0.2, 0) is 0 Å². The monoisotopic (exact) mass is 268 g/mol. The van der Waals surface area contributed by atoms with Crippen LogP contribution < -0.4 is 0 Å². The summed E-state index contributed by atoms with van der Waals surface area (Å²) in [5, 5.41) is 28.1. The van der Waals surface area contributed by atoms with Crippen LogP contribution in [0.1, 0.15) is 0 Å². The van der Waals surface area contributed by atoms with Crippen molar-refractivity contribution in [3.63, 3.8) is 0 Å². The summed E-state index contributed by atoms with van der Waals surface area (Å²) in [5.41, 5.74) is 2.25. The standard InChI is InChI=1S/C15H12N2O3/c18-12-4-2-11(3-5-12)17-8-13(16-9-17)10-1-6-14(19)15(20)7-10/h1-9,18-20H. The van der Waals surface area contributed by atoms with Gasteiger partial charge >= 0.3 is 0 Å². The maximum atomic E-state index is 9.50. The van der Waals surface area contributed by atoms with Crippen molar-refractivity contribution in [1.29, 1.82) is 0 Å². The van der Waals surface area contributed by atoms with E-state index in [-0.39, 0.29) is 17.2 Å². The first-order valence-corrected chi connectivity index (χ1v) is 5.99. The Bertz CT molecular complexity index is 748. The number of phenols is 3. The van der Waals surface area contributed by atoms with Crippen LogP contribution in [0.15, 0.2) is 55.0 Å². The zero-order valence-electron chi connectivity index (χ0n) is 10.4. The molecule has 0 unspecified atom stereocenters. The quantitative estimate of drug-likeness (QED) is 0.624. The predicted molar refractivity (Wildman–Crippen MR) is 74.0 cm³/mol. The summed E-state index contributed by atoms with van der Waals surface area (Å²) in [6.45, 7) is 0. The van der Waals surface area contributed by atoms with Gasteiger partial charge in [0, 0.05) is 17.4 Å². The van der Waals surface area contributed by atoms with Gasteiger partial charge in [-0.15, -0.1) is 0 Å². The van der Waals surface area contributed by atoms with Crippen molar-refractivity contribution in [1.82, 2.24) is 9.55 Å². The second-order valence-corrected chi connectivity index (χ2v) is 4.39. The van der Waals surface area contributed by atoms with Crippen molar-refractivity contribution in [2.45, 2.75) is 0 Å². The molecule has 0 bridgehead atoms. The molecule has 0 atom stereocenters. The molecule has 5 heteroatoms. The van der Waals surface area contributed by atoms with Crippen molar-refractivity contribution < 1.29 is 15.3 Å². The van der Waals surface area contributed by atoms with Crippen molar-refractivity contribution in [2.75, 3.05) is 0 Å². The molecule has 2 aromatic carbocycles. The summed E-state index contributed by atoms with van der Waals surface area (Å²) in [7, 11) is 0. The van der Waals surface area contributed by atoms with Gasteiger partial charge in [-0.1, -0.05) is 0 Å². The molecule has 3 N–H and O–H groups in total. The van der Waals surface area contributed by atoms with Gasteiger partial charge in [0.1, 0.15) is 5.75 Å². The molecule has 3 aromatic rings. The third kappa shape index (κ3) is 2.16. The van der Waals surface area contributed by atoms with Crippen molar-refractivity contribution >= 4 is 0 Å². The van der Waals surface area contributed by atoms with Crippen LogP contribution in [-0.4, -0.2) is 24.9 Å². The van der Waals surface area contributed by atoms with E-state index in [4.69, 9.17) is 0 Å². The molecule has 0 aliphatic carbocycles. The van der Waals surface area contributed by atoms with Crippen LogP contribution in [0, 0.1) is 0 Å². The fraction of sp³-hybridized carbons (Fsp3) is 0. The lowest BCUT2D eigenvalue weighted by Crippen LogP contribution is -1.88. The molecule has 0 fully saturated rings. The van der Waals surface area contributed by atoms with E-state index >= 15 is 0 Å². The smallest absolute Gasteiger partial charge is 0.158 e. The average Bonchev–Trinajstić information content (AvgIpc) is 2.92. The summed E-state index contributed by atoms with van der Waals surface area (Å²) < 4.78 is 1.80. The number of aromatic hydroxyl groups is 3. The maximum absolute atomic E-state index is 9.50. The topological polar surface area (TPSA) is 78.5 Å². The third-order valence-corrected chi connectivity index (χ3v) is 3.00. The van der Waals surface area contributed by atoms with Gasteiger partial charge < -0.3 is 19.9 Å². The molecule has 1 aromatic heterocycles. The van der Waals surface area contributed by atoms with E-state index in [1.165, 1.54) is 12.1 Å². The Hall–Kier alpha value is -2.95. The fourth-order valence-corrected chi connectivity index (χ4v) is 1.92. The molecule has 5 nitrogen and oxygen atoms in total. The number of phenolic OH excluding ortho intramolecular Hbond substituents is 3. The van der Waals surface area contributed by atoms with E-state index in [0.717, 1.165) is 5.69 Å². The molecule has 0 aliphatic heterocycles. The summed E-state index contributed by atoms with van der Waals surface area (Å²) in [6, 6.07) is 11.3. The van der Waals surface area contributed by atoms with Crippen LogP contribution >= 0.6 is 0 Å². The number of benzene rings is 2. The van der Waals surface area contributed by atoms with Crippen molar-refractivity contribution in [3.8, 4) is 34.2 Å². The molecule has 0 saturated carbocycles. The molecule has 0 radical (unpaired) electrons. The Kier molecular flexibility index (Phi) is 2.80. The van der Waals surface area contributed by atoms with Gasteiger partial charge in [-0.2, -0.15) is 0 Å². The number of imidazole rings is 1. The summed E-state index contributed by atoms with van der Waals surface area (Å²) >= 11 is 0. The minimum Gasteiger partial charge on any atom is -0.508 e. The van der Waals surface area contributed by atoms with Crippen molar-refractivity contribution in [3.05, 3.63) is 55.0 Å². The zero-order valence-corrected chi connectivity index (χ0v) is 10.4. The highest BCUT2D eigenvalue weighted by Gasteiger charge is 2.06. The van der Waals surface area contributed by atoms with Gasteiger partial charge in [0.25, 0.3) is 0 Å². The molecule has 0 amide bonds. The molecule has 20 heavy (non-hydrogen) atoms. The van der Waals surface area contributed by atoms with E-state index in [0.29, 0.717) is 11.3 Å². The van der Waals surface area contributed by atoms with Crippen LogP contribution in [0.25, 0.3) is 16.9 Å². The lowest BCUT2D eigenvalue weighted by atomic mass is 10.1. The van der Waals surface area contributed by atoms with Gasteiger partial charge in [-0.25, -0.2) is 4.98 Å². The van der Waals surface area contributed by atoms with E-state index in [9.17, 15) is 15.3 Å². The third-order valence-electron chi connectivity index (χ3n) is 3.00. The number of rotatable bonds is 2. The highest BCUT2D eigenvalue weighted by molar-refractivity contribution is 5.63. The second-order valence-electron chi connectivity index (χ2n) is 4.39. The fourth-order valence-electron chi connectivity index (χ4n) is 1.92. The zero-order chi connectivity index (χ0) is 14.1. The lowest BCUT2D eigenvalue weighted by Gasteiger charge is -2.02. The summed E-state index contributed by atoms with van der Waals surface area (Å²) in [5.74, 6) is -0.133. The Morgan fingerprint density at radius 3 is 2.30 bits per heavy atom. The van der Waals surface area contributed by atoms with Crippen LogP contribution in [0.3, 0.4) is 0 Å². The first-order chi connectivity index (χ1) is 9.63. The van der Waals surface area contributed by atoms with Gasteiger partial charge in [-0.05, 0) is 42.5 Å². The lowest BCUT2D eigenvalue weighted by molar-refractivity contribution is 0.404. The molecule has 0 saturated heterocycles. The van der Waals surface area contributed by atoms with E-state index in [1.807, 2.05) is 0 Å².